The van der Waals surface area contributed by atoms with Gasteiger partial charge in [0.05, 0.1) is 0 Å². The van der Waals surface area contributed by atoms with Crippen molar-refractivity contribution in [2.75, 3.05) is 0 Å². The second kappa shape index (κ2) is 13.3. The van der Waals surface area contributed by atoms with Crippen molar-refractivity contribution in [3.05, 3.63) is 28.8 Å². The monoisotopic (exact) mass is 346 g/mol. The van der Waals surface area contributed by atoms with E-state index < -0.39 is 0 Å². The Morgan fingerprint density at radius 2 is 1.24 bits per heavy atom. The highest BCUT2D eigenvalue weighted by molar-refractivity contribution is 5.44. The van der Waals surface area contributed by atoms with E-state index in [1.165, 1.54) is 89.0 Å². The summed E-state index contributed by atoms with van der Waals surface area (Å²) in [6.07, 6.45) is 18.0. The Hall–Kier alpha value is -0.980. The zero-order valence-electron chi connectivity index (χ0n) is 17.4. The van der Waals surface area contributed by atoms with Crippen molar-refractivity contribution in [3.63, 3.8) is 0 Å². The molecule has 0 amide bonds. The van der Waals surface area contributed by atoms with Gasteiger partial charge in [0.15, 0.2) is 0 Å². The summed E-state index contributed by atoms with van der Waals surface area (Å²) in [6.45, 7) is 8.66. The van der Waals surface area contributed by atoms with E-state index in [1.807, 2.05) is 6.92 Å². The van der Waals surface area contributed by atoms with Gasteiger partial charge in [-0.2, -0.15) is 0 Å². The van der Waals surface area contributed by atoms with Crippen molar-refractivity contribution < 1.29 is 5.11 Å². The second-order valence-electron chi connectivity index (χ2n) is 8.10. The van der Waals surface area contributed by atoms with Gasteiger partial charge >= 0.3 is 0 Å². The van der Waals surface area contributed by atoms with Crippen LogP contribution in [0.3, 0.4) is 0 Å². The molecule has 144 valence electrons. The van der Waals surface area contributed by atoms with E-state index in [0.717, 1.165) is 11.1 Å². The predicted octanol–water partition coefficient (Wildman–Crippen LogP) is 8.20. The first-order valence-electron chi connectivity index (χ1n) is 10.9. The summed E-state index contributed by atoms with van der Waals surface area (Å²) in [5.74, 6) is 0.971. The fourth-order valence-corrected chi connectivity index (χ4v) is 3.82. The van der Waals surface area contributed by atoms with E-state index in [4.69, 9.17) is 0 Å². The molecule has 1 aromatic rings. The van der Waals surface area contributed by atoms with Gasteiger partial charge in [-0.3, -0.25) is 0 Å². The quantitative estimate of drug-likeness (QED) is 0.336. The zero-order valence-corrected chi connectivity index (χ0v) is 17.4. The van der Waals surface area contributed by atoms with Gasteiger partial charge in [-0.05, 0) is 37.3 Å². The Morgan fingerprint density at radius 1 is 0.760 bits per heavy atom. The van der Waals surface area contributed by atoms with Gasteiger partial charge in [-0.25, -0.2) is 0 Å². The summed E-state index contributed by atoms with van der Waals surface area (Å²) < 4.78 is 0. The van der Waals surface area contributed by atoms with Crippen LogP contribution in [0.5, 0.6) is 5.75 Å². The second-order valence-corrected chi connectivity index (χ2v) is 8.10. The molecule has 1 aromatic carbocycles. The predicted molar refractivity (Wildman–Crippen MR) is 112 cm³/mol. The summed E-state index contributed by atoms with van der Waals surface area (Å²) in [5, 5.41) is 10.3. The largest absolute Gasteiger partial charge is 0.507 e. The number of hydrogen-bond donors (Lipinski definition) is 1. The van der Waals surface area contributed by atoms with Crippen LogP contribution in [0.2, 0.25) is 0 Å². The minimum atomic E-state index is 0.460. The van der Waals surface area contributed by atoms with Crippen LogP contribution in [0.25, 0.3) is 0 Å². The molecule has 1 rings (SSSR count). The number of rotatable bonds is 14. The van der Waals surface area contributed by atoms with Gasteiger partial charge < -0.3 is 5.11 Å². The molecule has 0 aliphatic rings. The summed E-state index contributed by atoms with van der Waals surface area (Å²) in [4.78, 5) is 0. The van der Waals surface area contributed by atoms with Crippen LogP contribution in [0.1, 0.15) is 120 Å². The molecule has 0 saturated heterocycles. The van der Waals surface area contributed by atoms with Gasteiger partial charge in [-0.15, -0.1) is 0 Å². The van der Waals surface area contributed by atoms with E-state index in [-0.39, 0.29) is 0 Å². The number of phenols is 1. The molecular formula is C24H42O. The van der Waals surface area contributed by atoms with Crippen LogP contribution in [-0.4, -0.2) is 5.11 Å². The Kier molecular flexibility index (Phi) is 11.7. The molecular weight excluding hydrogens is 304 g/mol. The van der Waals surface area contributed by atoms with Crippen molar-refractivity contribution in [2.24, 2.45) is 0 Å². The van der Waals surface area contributed by atoms with E-state index in [9.17, 15) is 5.11 Å². The highest BCUT2D eigenvalue weighted by Crippen LogP contribution is 2.33. The first-order chi connectivity index (χ1) is 12.1. The topological polar surface area (TPSA) is 20.2 Å². The van der Waals surface area contributed by atoms with Crippen molar-refractivity contribution in [1.82, 2.24) is 0 Å². The molecule has 25 heavy (non-hydrogen) atoms. The third kappa shape index (κ3) is 9.33. The van der Waals surface area contributed by atoms with Crippen LogP contribution >= 0.6 is 0 Å². The first-order valence-corrected chi connectivity index (χ1v) is 10.9. The van der Waals surface area contributed by atoms with Gasteiger partial charge in [0, 0.05) is 0 Å². The highest BCUT2D eigenvalue weighted by atomic mass is 16.3. The molecule has 0 aromatic heterocycles. The molecule has 0 unspecified atom stereocenters. The maximum atomic E-state index is 10.3. The molecule has 0 radical (unpaired) electrons. The molecule has 0 aliphatic carbocycles. The first kappa shape index (κ1) is 22.1. The van der Waals surface area contributed by atoms with Crippen LogP contribution in [0, 0.1) is 13.8 Å². The van der Waals surface area contributed by atoms with E-state index in [2.05, 4.69) is 32.9 Å². The standard InChI is InChI=1S/C24H42O/c1-5-6-7-8-9-10-11-12-13-14-15-16-17-21(3)23-19-20(2)18-22(4)24(23)25/h18-19,21,25H,5-17H2,1-4H3/t21-/m1/s1. The van der Waals surface area contributed by atoms with Gasteiger partial charge in [0.1, 0.15) is 5.75 Å². The molecule has 0 fully saturated rings. The normalized spacial score (nSPS) is 12.5. The lowest BCUT2D eigenvalue weighted by Crippen LogP contribution is -1.97. The lowest BCUT2D eigenvalue weighted by atomic mass is 9.91. The lowest BCUT2D eigenvalue weighted by Gasteiger charge is -2.16. The average Bonchev–Trinajstić information content (AvgIpc) is 2.58. The smallest absolute Gasteiger partial charge is 0.121 e. The Bertz CT molecular complexity index is 463. The Balaban J connectivity index is 2.05. The molecule has 0 bridgehead atoms. The van der Waals surface area contributed by atoms with Gasteiger partial charge in [-0.1, -0.05) is 109 Å². The third-order valence-corrected chi connectivity index (χ3v) is 5.50. The molecule has 0 saturated carbocycles. The Morgan fingerprint density at radius 3 is 1.76 bits per heavy atom. The number of benzene rings is 1. The third-order valence-electron chi connectivity index (χ3n) is 5.50. The molecule has 1 N–H and O–H groups in total. The molecule has 0 aliphatic heterocycles. The van der Waals surface area contributed by atoms with Crippen molar-refractivity contribution in [1.29, 1.82) is 0 Å². The zero-order chi connectivity index (χ0) is 18.5. The van der Waals surface area contributed by atoms with Crippen LogP contribution in [-0.2, 0) is 0 Å². The number of unbranched alkanes of at least 4 members (excludes halogenated alkanes) is 11. The number of phenolic OH excluding ortho intramolecular Hbond substituents is 1. The number of aromatic hydroxyl groups is 1. The molecule has 0 spiro atoms. The van der Waals surface area contributed by atoms with E-state index in [0.29, 0.717) is 11.7 Å². The highest BCUT2D eigenvalue weighted by Gasteiger charge is 2.12. The maximum Gasteiger partial charge on any atom is 0.121 e. The van der Waals surface area contributed by atoms with Crippen LogP contribution in [0.15, 0.2) is 12.1 Å². The summed E-state index contributed by atoms with van der Waals surface area (Å²) in [6, 6.07) is 4.23. The molecule has 1 heteroatoms. The minimum Gasteiger partial charge on any atom is -0.507 e. The van der Waals surface area contributed by atoms with Crippen molar-refractivity contribution in [2.45, 2.75) is 117 Å². The van der Waals surface area contributed by atoms with Crippen LogP contribution in [0.4, 0.5) is 0 Å². The van der Waals surface area contributed by atoms with Gasteiger partial charge in [0.2, 0.25) is 0 Å². The number of hydrogen-bond acceptors (Lipinski definition) is 1. The maximum absolute atomic E-state index is 10.3. The Labute approximate surface area is 157 Å². The van der Waals surface area contributed by atoms with Crippen molar-refractivity contribution >= 4 is 0 Å². The lowest BCUT2D eigenvalue weighted by molar-refractivity contribution is 0.453. The molecule has 1 nitrogen and oxygen atoms in total. The van der Waals surface area contributed by atoms with E-state index >= 15 is 0 Å². The molecule has 0 heterocycles. The summed E-state index contributed by atoms with van der Waals surface area (Å²) in [7, 11) is 0. The van der Waals surface area contributed by atoms with E-state index in [1.54, 1.807) is 0 Å². The average molecular weight is 347 g/mol. The van der Waals surface area contributed by atoms with Crippen LogP contribution < -0.4 is 0 Å². The van der Waals surface area contributed by atoms with Gasteiger partial charge in [0.25, 0.3) is 0 Å². The SMILES string of the molecule is CCCCCCCCCCCCCC[C@@H](C)c1cc(C)cc(C)c1O. The van der Waals surface area contributed by atoms with Crippen molar-refractivity contribution in [3.8, 4) is 5.75 Å². The minimum absolute atomic E-state index is 0.460. The number of aryl methyl sites for hydroxylation is 2. The fraction of sp³-hybridized carbons (Fsp3) is 0.750. The fourth-order valence-electron chi connectivity index (χ4n) is 3.82. The summed E-state index contributed by atoms with van der Waals surface area (Å²) >= 11 is 0. The molecule has 1 atom stereocenters. The summed E-state index contributed by atoms with van der Waals surface area (Å²) in [5.41, 5.74) is 3.41.